The van der Waals surface area contributed by atoms with Gasteiger partial charge in [-0.15, -0.1) is 0 Å². The Labute approximate surface area is 143 Å². The second-order valence-electron chi connectivity index (χ2n) is 6.34. The van der Waals surface area contributed by atoms with Crippen LogP contribution in [-0.2, 0) is 10.4 Å². The fraction of sp³-hybridized carbons (Fsp3) is 0.350. The lowest BCUT2D eigenvalue weighted by Crippen LogP contribution is -2.46. The molecule has 0 saturated heterocycles. The Morgan fingerprint density at radius 3 is 1.88 bits per heavy atom. The van der Waals surface area contributed by atoms with E-state index in [1.54, 1.807) is 55.5 Å². The Hall–Kier alpha value is -2.17. The summed E-state index contributed by atoms with van der Waals surface area (Å²) >= 11 is 0. The van der Waals surface area contributed by atoms with Crippen molar-refractivity contribution in [2.45, 2.75) is 32.0 Å². The molecule has 4 nitrogen and oxygen atoms in total. The number of aliphatic hydroxyl groups is 2. The number of amides is 1. The van der Waals surface area contributed by atoms with Crippen molar-refractivity contribution < 1.29 is 15.0 Å². The van der Waals surface area contributed by atoms with E-state index in [9.17, 15) is 15.0 Å². The molecule has 2 atom stereocenters. The van der Waals surface area contributed by atoms with Gasteiger partial charge in [-0.1, -0.05) is 67.6 Å². The Balaban J connectivity index is 2.25. The van der Waals surface area contributed by atoms with Crippen LogP contribution in [0.25, 0.3) is 0 Å². The van der Waals surface area contributed by atoms with Gasteiger partial charge >= 0.3 is 0 Å². The molecule has 0 heterocycles. The maximum absolute atomic E-state index is 12.8. The summed E-state index contributed by atoms with van der Waals surface area (Å²) in [6.07, 6.45) is 0.175. The number of rotatable bonds is 7. The zero-order chi connectivity index (χ0) is 17.6. The molecule has 128 valence electrons. The van der Waals surface area contributed by atoms with Crippen molar-refractivity contribution in [1.29, 1.82) is 0 Å². The molecule has 2 rings (SSSR count). The SMILES string of the molecule is CC(O)CC(C)CNC(=O)C(O)(c1ccccc1)c1ccccc1. The van der Waals surface area contributed by atoms with Crippen LogP contribution >= 0.6 is 0 Å². The summed E-state index contributed by atoms with van der Waals surface area (Å²) in [7, 11) is 0. The first kappa shape index (κ1) is 18.2. The van der Waals surface area contributed by atoms with E-state index in [1.165, 1.54) is 0 Å². The molecular weight excluding hydrogens is 302 g/mol. The van der Waals surface area contributed by atoms with Crippen molar-refractivity contribution in [3.63, 3.8) is 0 Å². The first-order valence-electron chi connectivity index (χ1n) is 8.24. The number of carbonyl (C=O) groups is 1. The highest BCUT2D eigenvalue weighted by atomic mass is 16.3. The maximum atomic E-state index is 12.8. The first-order valence-corrected chi connectivity index (χ1v) is 8.24. The van der Waals surface area contributed by atoms with Gasteiger partial charge in [0.05, 0.1) is 6.10 Å². The van der Waals surface area contributed by atoms with Crippen LogP contribution in [0.5, 0.6) is 0 Å². The van der Waals surface area contributed by atoms with E-state index in [-0.39, 0.29) is 5.92 Å². The zero-order valence-corrected chi connectivity index (χ0v) is 14.1. The predicted octanol–water partition coefficient (Wildman–Crippen LogP) is 2.45. The van der Waals surface area contributed by atoms with Gasteiger partial charge in [-0.05, 0) is 30.4 Å². The van der Waals surface area contributed by atoms with Crippen LogP contribution in [-0.4, -0.2) is 28.8 Å². The Morgan fingerprint density at radius 2 is 1.46 bits per heavy atom. The van der Waals surface area contributed by atoms with Gasteiger partial charge in [-0.3, -0.25) is 4.79 Å². The minimum atomic E-state index is -1.74. The third kappa shape index (κ3) is 4.22. The smallest absolute Gasteiger partial charge is 0.261 e. The van der Waals surface area contributed by atoms with Crippen molar-refractivity contribution in [3.05, 3.63) is 71.8 Å². The maximum Gasteiger partial charge on any atom is 0.261 e. The average molecular weight is 327 g/mol. The van der Waals surface area contributed by atoms with Crippen LogP contribution in [0.3, 0.4) is 0 Å². The predicted molar refractivity (Wildman–Crippen MR) is 94.4 cm³/mol. The molecule has 1 amide bonds. The molecule has 24 heavy (non-hydrogen) atoms. The number of benzene rings is 2. The van der Waals surface area contributed by atoms with Crippen LogP contribution in [0.2, 0.25) is 0 Å². The number of hydrogen-bond acceptors (Lipinski definition) is 3. The molecule has 0 aliphatic rings. The van der Waals surface area contributed by atoms with Gasteiger partial charge in [0.15, 0.2) is 5.60 Å². The summed E-state index contributed by atoms with van der Waals surface area (Å²) in [4.78, 5) is 12.8. The number of aliphatic hydroxyl groups excluding tert-OH is 1. The average Bonchev–Trinajstić information content (AvgIpc) is 2.60. The number of carbonyl (C=O) groups excluding carboxylic acids is 1. The van der Waals surface area contributed by atoms with Crippen LogP contribution < -0.4 is 5.32 Å². The summed E-state index contributed by atoms with van der Waals surface area (Å²) < 4.78 is 0. The van der Waals surface area contributed by atoms with Crippen molar-refractivity contribution in [2.24, 2.45) is 5.92 Å². The van der Waals surface area contributed by atoms with E-state index in [2.05, 4.69) is 5.32 Å². The van der Waals surface area contributed by atoms with Crippen molar-refractivity contribution in [2.75, 3.05) is 6.54 Å². The molecule has 3 N–H and O–H groups in total. The normalized spacial score (nSPS) is 14.0. The van der Waals surface area contributed by atoms with Gasteiger partial charge in [-0.25, -0.2) is 0 Å². The van der Waals surface area contributed by atoms with Crippen LogP contribution in [0.15, 0.2) is 60.7 Å². The summed E-state index contributed by atoms with van der Waals surface area (Å²) in [6, 6.07) is 17.8. The molecule has 2 aromatic rings. The summed E-state index contributed by atoms with van der Waals surface area (Å²) in [5.41, 5.74) is -0.693. The summed E-state index contributed by atoms with van der Waals surface area (Å²) in [5, 5.41) is 23.5. The molecule has 0 radical (unpaired) electrons. The molecule has 0 saturated carbocycles. The Kier molecular flexibility index (Phi) is 6.12. The molecule has 0 fully saturated rings. The van der Waals surface area contributed by atoms with E-state index in [0.29, 0.717) is 24.1 Å². The van der Waals surface area contributed by atoms with Crippen LogP contribution in [0, 0.1) is 5.92 Å². The minimum Gasteiger partial charge on any atom is -0.393 e. The highest BCUT2D eigenvalue weighted by Gasteiger charge is 2.39. The van der Waals surface area contributed by atoms with Crippen molar-refractivity contribution >= 4 is 5.91 Å². The topological polar surface area (TPSA) is 69.6 Å². The van der Waals surface area contributed by atoms with E-state index in [1.807, 2.05) is 19.1 Å². The molecule has 0 bridgehead atoms. The monoisotopic (exact) mass is 327 g/mol. The molecule has 2 aromatic carbocycles. The molecule has 0 aliphatic carbocycles. The molecule has 4 heteroatoms. The van der Waals surface area contributed by atoms with Crippen LogP contribution in [0.1, 0.15) is 31.4 Å². The highest BCUT2D eigenvalue weighted by Crippen LogP contribution is 2.29. The van der Waals surface area contributed by atoms with Gasteiger partial charge in [0, 0.05) is 6.54 Å². The van der Waals surface area contributed by atoms with E-state index >= 15 is 0 Å². The summed E-state index contributed by atoms with van der Waals surface area (Å²) in [5.74, 6) is -0.345. The standard InChI is InChI=1S/C20H25NO3/c1-15(13-16(2)22)14-21-19(23)20(24,17-9-5-3-6-10-17)18-11-7-4-8-12-18/h3-12,15-16,22,24H,13-14H2,1-2H3,(H,21,23). The number of hydrogen-bond donors (Lipinski definition) is 3. The van der Waals surface area contributed by atoms with Gasteiger partial charge in [-0.2, -0.15) is 0 Å². The third-order valence-electron chi connectivity index (χ3n) is 4.07. The Bertz CT molecular complexity index is 601. The lowest BCUT2D eigenvalue weighted by atomic mass is 9.85. The minimum absolute atomic E-state index is 0.116. The lowest BCUT2D eigenvalue weighted by Gasteiger charge is -2.29. The molecule has 0 spiro atoms. The molecule has 2 unspecified atom stereocenters. The van der Waals surface area contributed by atoms with Crippen LogP contribution in [0.4, 0.5) is 0 Å². The fourth-order valence-corrected chi connectivity index (χ4v) is 2.85. The Morgan fingerprint density at radius 1 is 1.00 bits per heavy atom. The van der Waals surface area contributed by atoms with Crippen molar-refractivity contribution in [3.8, 4) is 0 Å². The van der Waals surface area contributed by atoms with Crippen molar-refractivity contribution in [1.82, 2.24) is 5.32 Å². The molecular formula is C20H25NO3. The second kappa shape index (κ2) is 8.08. The zero-order valence-electron chi connectivity index (χ0n) is 14.1. The first-order chi connectivity index (χ1) is 11.4. The quantitative estimate of drug-likeness (QED) is 0.731. The molecule has 0 aromatic heterocycles. The fourth-order valence-electron chi connectivity index (χ4n) is 2.85. The van der Waals surface area contributed by atoms with E-state index < -0.39 is 17.6 Å². The van der Waals surface area contributed by atoms with Gasteiger partial charge < -0.3 is 15.5 Å². The van der Waals surface area contributed by atoms with E-state index in [4.69, 9.17) is 0 Å². The van der Waals surface area contributed by atoms with E-state index in [0.717, 1.165) is 0 Å². The second-order valence-corrected chi connectivity index (χ2v) is 6.34. The van der Waals surface area contributed by atoms with Gasteiger partial charge in [0.25, 0.3) is 5.91 Å². The largest absolute Gasteiger partial charge is 0.393 e. The summed E-state index contributed by atoms with van der Waals surface area (Å²) in [6.45, 7) is 4.07. The third-order valence-corrected chi connectivity index (χ3v) is 4.07. The lowest BCUT2D eigenvalue weighted by molar-refractivity contribution is -0.136. The molecule has 0 aliphatic heterocycles. The number of nitrogens with one attached hydrogen (secondary N) is 1. The van der Waals surface area contributed by atoms with Gasteiger partial charge in [0.1, 0.15) is 0 Å². The highest BCUT2D eigenvalue weighted by molar-refractivity contribution is 5.90. The van der Waals surface area contributed by atoms with Gasteiger partial charge in [0.2, 0.25) is 0 Å².